The van der Waals surface area contributed by atoms with Gasteiger partial charge >= 0.3 is 0 Å². The SMILES string of the molecule is CCOC(CCC=N)C1=C(O)CC(C(SCC)SCC)CC1=O. The highest BCUT2D eigenvalue weighted by molar-refractivity contribution is 8.17. The normalized spacial score (nSPS) is 20.2. The number of hydrogen-bond acceptors (Lipinski definition) is 6. The second-order valence-electron chi connectivity index (χ2n) is 5.46. The van der Waals surface area contributed by atoms with Crippen LogP contribution < -0.4 is 0 Å². The molecule has 23 heavy (non-hydrogen) atoms. The molecule has 0 heterocycles. The molecular formula is C17H29NO3S2. The highest BCUT2D eigenvalue weighted by Crippen LogP contribution is 2.40. The quantitative estimate of drug-likeness (QED) is 0.421. The van der Waals surface area contributed by atoms with Crippen molar-refractivity contribution < 1.29 is 14.6 Å². The van der Waals surface area contributed by atoms with E-state index in [1.165, 1.54) is 6.21 Å². The summed E-state index contributed by atoms with van der Waals surface area (Å²) in [5.41, 5.74) is 0.451. The van der Waals surface area contributed by atoms with Crippen LogP contribution in [0.15, 0.2) is 11.3 Å². The van der Waals surface area contributed by atoms with Crippen molar-refractivity contribution in [2.75, 3.05) is 18.1 Å². The summed E-state index contributed by atoms with van der Waals surface area (Å²) in [4.78, 5) is 12.6. The van der Waals surface area contributed by atoms with E-state index in [1.807, 2.05) is 30.4 Å². The highest BCUT2D eigenvalue weighted by Gasteiger charge is 2.36. The summed E-state index contributed by atoms with van der Waals surface area (Å²) < 4.78 is 6.01. The number of carbonyl (C=O) groups is 1. The molecule has 2 N–H and O–H groups in total. The molecule has 0 aromatic rings. The Hall–Kier alpha value is -0.460. The van der Waals surface area contributed by atoms with Gasteiger partial charge in [0.15, 0.2) is 5.78 Å². The van der Waals surface area contributed by atoms with Crippen LogP contribution in [0.25, 0.3) is 0 Å². The molecule has 0 amide bonds. The van der Waals surface area contributed by atoms with Crippen molar-refractivity contribution in [3.8, 4) is 0 Å². The predicted molar refractivity (Wildman–Crippen MR) is 101 cm³/mol. The van der Waals surface area contributed by atoms with Crippen LogP contribution in [-0.2, 0) is 9.53 Å². The molecule has 0 radical (unpaired) electrons. The molecule has 1 aliphatic rings. The van der Waals surface area contributed by atoms with E-state index in [0.29, 0.717) is 42.4 Å². The summed E-state index contributed by atoms with van der Waals surface area (Å²) in [7, 11) is 0. The number of hydrogen-bond donors (Lipinski definition) is 2. The van der Waals surface area contributed by atoms with E-state index in [-0.39, 0.29) is 23.6 Å². The van der Waals surface area contributed by atoms with Crippen LogP contribution in [0.2, 0.25) is 0 Å². The average Bonchev–Trinajstić information content (AvgIpc) is 2.51. The van der Waals surface area contributed by atoms with Gasteiger partial charge in [0.1, 0.15) is 5.76 Å². The third-order valence-corrected chi connectivity index (χ3v) is 6.73. The Morgan fingerprint density at radius 1 is 1.30 bits per heavy atom. The van der Waals surface area contributed by atoms with E-state index in [1.54, 1.807) is 0 Å². The summed E-state index contributed by atoms with van der Waals surface area (Å²) in [5, 5.41) is 17.7. The number of aliphatic hydroxyl groups excluding tert-OH is 1. The van der Waals surface area contributed by atoms with E-state index in [2.05, 4.69) is 13.8 Å². The van der Waals surface area contributed by atoms with Gasteiger partial charge in [-0.3, -0.25) is 4.79 Å². The number of aliphatic hydroxyl groups is 1. The summed E-state index contributed by atoms with van der Waals surface area (Å²) in [5.74, 6) is 2.43. The van der Waals surface area contributed by atoms with Gasteiger partial charge in [0, 0.05) is 19.4 Å². The van der Waals surface area contributed by atoms with Crippen molar-refractivity contribution in [2.45, 2.75) is 57.1 Å². The molecule has 0 aromatic heterocycles. The number of ether oxygens (including phenoxy) is 1. The number of carbonyl (C=O) groups excluding carboxylic acids is 1. The Morgan fingerprint density at radius 2 is 1.96 bits per heavy atom. The van der Waals surface area contributed by atoms with E-state index in [9.17, 15) is 9.90 Å². The molecule has 0 fully saturated rings. The lowest BCUT2D eigenvalue weighted by Gasteiger charge is -2.31. The minimum absolute atomic E-state index is 0.0144. The van der Waals surface area contributed by atoms with Gasteiger partial charge in [-0.2, -0.15) is 0 Å². The zero-order chi connectivity index (χ0) is 17.2. The van der Waals surface area contributed by atoms with Gasteiger partial charge in [0.05, 0.1) is 16.3 Å². The van der Waals surface area contributed by atoms with Crippen molar-refractivity contribution in [3.63, 3.8) is 0 Å². The van der Waals surface area contributed by atoms with Crippen LogP contribution in [0.1, 0.15) is 46.5 Å². The van der Waals surface area contributed by atoms with Gasteiger partial charge < -0.3 is 15.3 Å². The lowest BCUT2D eigenvalue weighted by atomic mass is 9.84. The summed E-state index contributed by atoms with van der Waals surface area (Å²) in [6.07, 6.45) is 3.11. The standard InChI is InChI=1S/C17H29NO3S2/c1-4-21-15(8-7-9-18)16-13(19)10-12(11-14(16)20)17(22-5-2)23-6-3/h9,12,15,17-19H,4-8,10-11H2,1-3H3. The Labute approximate surface area is 148 Å². The number of nitrogens with one attached hydrogen (secondary N) is 1. The molecule has 2 atom stereocenters. The molecule has 132 valence electrons. The molecule has 0 aliphatic heterocycles. The van der Waals surface area contributed by atoms with Gasteiger partial charge in [-0.15, -0.1) is 23.5 Å². The largest absolute Gasteiger partial charge is 0.512 e. The fourth-order valence-corrected chi connectivity index (χ4v) is 5.68. The highest BCUT2D eigenvalue weighted by atomic mass is 32.2. The van der Waals surface area contributed by atoms with Gasteiger partial charge in [0.25, 0.3) is 0 Å². The number of Topliss-reactive ketones (excluding diaryl/α,β-unsaturated/α-hetero) is 1. The van der Waals surface area contributed by atoms with Crippen LogP contribution in [0, 0.1) is 11.3 Å². The zero-order valence-corrected chi connectivity index (χ0v) is 16.0. The Bertz CT molecular complexity index is 420. The van der Waals surface area contributed by atoms with Gasteiger partial charge in [-0.25, -0.2) is 0 Å². The molecule has 4 nitrogen and oxygen atoms in total. The van der Waals surface area contributed by atoms with Crippen molar-refractivity contribution in [3.05, 3.63) is 11.3 Å². The third kappa shape index (κ3) is 6.16. The predicted octanol–water partition coefficient (Wildman–Crippen LogP) is 4.44. The van der Waals surface area contributed by atoms with E-state index >= 15 is 0 Å². The second-order valence-corrected chi connectivity index (χ2v) is 8.59. The van der Waals surface area contributed by atoms with Crippen molar-refractivity contribution in [1.29, 1.82) is 5.41 Å². The zero-order valence-electron chi connectivity index (χ0n) is 14.3. The first-order valence-corrected chi connectivity index (χ1v) is 10.5. The molecular weight excluding hydrogens is 330 g/mol. The van der Waals surface area contributed by atoms with Crippen molar-refractivity contribution in [1.82, 2.24) is 0 Å². The van der Waals surface area contributed by atoms with Crippen molar-refractivity contribution >= 4 is 35.5 Å². The van der Waals surface area contributed by atoms with Crippen LogP contribution >= 0.6 is 23.5 Å². The maximum atomic E-state index is 12.6. The maximum Gasteiger partial charge on any atom is 0.165 e. The first-order valence-electron chi connectivity index (χ1n) is 8.37. The molecule has 0 saturated carbocycles. The van der Waals surface area contributed by atoms with Gasteiger partial charge in [0.2, 0.25) is 0 Å². The average molecular weight is 360 g/mol. The number of rotatable bonds is 11. The lowest BCUT2D eigenvalue weighted by molar-refractivity contribution is -0.118. The summed E-state index contributed by atoms with van der Waals surface area (Å²) >= 11 is 3.72. The Kier molecular flexibility index (Phi) is 9.99. The molecule has 1 aliphatic carbocycles. The Balaban J connectivity index is 2.91. The van der Waals surface area contributed by atoms with Crippen LogP contribution in [0.3, 0.4) is 0 Å². The first-order chi connectivity index (χ1) is 11.1. The fourth-order valence-electron chi connectivity index (χ4n) is 2.89. The third-order valence-electron chi connectivity index (χ3n) is 3.82. The molecule has 0 spiro atoms. The smallest absolute Gasteiger partial charge is 0.165 e. The van der Waals surface area contributed by atoms with E-state index in [4.69, 9.17) is 10.1 Å². The van der Waals surface area contributed by atoms with Crippen molar-refractivity contribution in [2.24, 2.45) is 5.92 Å². The minimum Gasteiger partial charge on any atom is -0.512 e. The van der Waals surface area contributed by atoms with Crippen LogP contribution in [0.5, 0.6) is 0 Å². The minimum atomic E-state index is -0.383. The first kappa shape index (κ1) is 20.6. The number of ketones is 1. The molecule has 1 rings (SSSR count). The number of thioether (sulfide) groups is 2. The summed E-state index contributed by atoms with van der Waals surface area (Å²) in [6, 6.07) is 0. The molecule has 0 bridgehead atoms. The Morgan fingerprint density at radius 3 is 2.43 bits per heavy atom. The van der Waals surface area contributed by atoms with Crippen LogP contribution in [-0.4, -0.2) is 45.9 Å². The number of allylic oxidation sites excluding steroid dienone is 1. The maximum absolute atomic E-state index is 12.6. The summed E-state index contributed by atoms with van der Waals surface area (Å²) in [6.45, 7) is 6.64. The lowest BCUT2D eigenvalue weighted by Crippen LogP contribution is -2.32. The molecule has 2 unspecified atom stereocenters. The second kappa shape index (κ2) is 11.2. The van der Waals surface area contributed by atoms with Gasteiger partial charge in [-0.1, -0.05) is 13.8 Å². The molecule has 6 heteroatoms. The van der Waals surface area contributed by atoms with E-state index in [0.717, 1.165) is 11.5 Å². The topological polar surface area (TPSA) is 70.4 Å². The molecule has 0 aromatic carbocycles. The van der Waals surface area contributed by atoms with Crippen LogP contribution in [0.4, 0.5) is 0 Å². The van der Waals surface area contributed by atoms with Gasteiger partial charge in [-0.05, 0) is 43.4 Å². The fraction of sp³-hybridized carbons (Fsp3) is 0.765. The monoisotopic (exact) mass is 359 g/mol. The molecule has 0 saturated heterocycles. The van der Waals surface area contributed by atoms with E-state index < -0.39 is 0 Å².